The molecule has 2 aromatic rings. The van der Waals surface area contributed by atoms with Gasteiger partial charge in [0.2, 0.25) is 5.91 Å². The fourth-order valence-corrected chi connectivity index (χ4v) is 5.10. The number of hydrogen-bond donors (Lipinski definition) is 1. The summed E-state index contributed by atoms with van der Waals surface area (Å²) >= 11 is 0. The summed E-state index contributed by atoms with van der Waals surface area (Å²) in [6.07, 6.45) is 4.07. The Morgan fingerprint density at radius 3 is 2.69 bits per heavy atom. The number of carbonyl (C=O) groups excluding carboxylic acids is 1. The summed E-state index contributed by atoms with van der Waals surface area (Å²) in [5.74, 6) is 2.92. The molecule has 1 aromatic carbocycles. The minimum absolute atomic E-state index is 0.0404. The van der Waals surface area contributed by atoms with Crippen LogP contribution in [0.4, 0.5) is 0 Å². The second kappa shape index (κ2) is 8.24. The van der Waals surface area contributed by atoms with Crippen LogP contribution in [0.2, 0.25) is 0 Å². The van der Waals surface area contributed by atoms with Crippen molar-refractivity contribution in [3.63, 3.8) is 0 Å². The number of hydrogen-bond acceptors (Lipinski definition) is 5. The summed E-state index contributed by atoms with van der Waals surface area (Å²) < 4.78 is 2.29. The molecule has 1 amide bonds. The zero-order chi connectivity index (χ0) is 19.6. The average molecular weight is 395 g/mol. The molecule has 0 saturated carbocycles. The van der Waals surface area contributed by atoms with Gasteiger partial charge in [0.1, 0.15) is 11.6 Å². The number of benzene rings is 1. The van der Waals surface area contributed by atoms with Gasteiger partial charge in [0.25, 0.3) is 0 Å². The molecule has 1 aromatic heterocycles. The van der Waals surface area contributed by atoms with Gasteiger partial charge in [-0.3, -0.25) is 9.69 Å². The first kappa shape index (κ1) is 18.8. The lowest BCUT2D eigenvalue weighted by molar-refractivity contribution is -0.137. The first-order chi connectivity index (χ1) is 14.3. The minimum Gasteiger partial charge on any atom is -0.341 e. The molecule has 29 heavy (non-hydrogen) atoms. The number of piperidine rings is 1. The molecular formula is C22H30N6O. The molecule has 2 saturated heterocycles. The number of rotatable bonds is 4. The quantitative estimate of drug-likeness (QED) is 0.856. The van der Waals surface area contributed by atoms with Crippen molar-refractivity contribution in [2.75, 3.05) is 26.2 Å². The highest BCUT2D eigenvalue weighted by Crippen LogP contribution is 2.30. The van der Waals surface area contributed by atoms with E-state index in [4.69, 9.17) is 0 Å². The van der Waals surface area contributed by atoms with E-state index in [0.29, 0.717) is 11.8 Å². The fraction of sp³-hybridized carbons (Fsp3) is 0.591. The van der Waals surface area contributed by atoms with Crippen LogP contribution in [0.15, 0.2) is 30.3 Å². The van der Waals surface area contributed by atoms with Crippen LogP contribution in [0.25, 0.3) is 0 Å². The predicted molar refractivity (Wildman–Crippen MR) is 110 cm³/mol. The lowest BCUT2D eigenvalue weighted by Gasteiger charge is -2.35. The summed E-state index contributed by atoms with van der Waals surface area (Å²) in [6, 6.07) is 10.5. The van der Waals surface area contributed by atoms with Crippen molar-refractivity contribution in [2.45, 2.75) is 57.3 Å². The lowest BCUT2D eigenvalue weighted by Crippen LogP contribution is -2.48. The largest absolute Gasteiger partial charge is 0.341 e. The highest BCUT2D eigenvalue weighted by atomic mass is 16.2. The Labute approximate surface area is 172 Å². The molecular weight excluding hydrogens is 364 g/mol. The van der Waals surface area contributed by atoms with Crippen molar-refractivity contribution >= 4 is 5.91 Å². The SMILES string of the molecule is O=C(C1CCCN1Cc1ccccc1)N1CCC(c2nnc3n2CCNC3)CC1. The second-order valence-corrected chi connectivity index (χ2v) is 8.52. The van der Waals surface area contributed by atoms with Gasteiger partial charge in [0, 0.05) is 38.6 Å². The standard InChI is InChI=1S/C22H30N6O/c29-22(19-7-4-11-27(19)16-17-5-2-1-3-6-17)26-12-8-18(9-13-26)21-25-24-20-15-23-10-14-28(20)21/h1-3,5-6,18-19,23H,4,7-16H2. The Morgan fingerprint density at radius 2 is 1.86 bits per heavy atom. The normalized spacial score (nSPS) is 23.3. The molecule has 2 fully saturated rings. The van der Waals surface area contributed by atoms with E-state index in [1.165, 1.54) is 5.56 Å². The van der Waals surface area contributed by atoms with Gasteiger partial charge in [-0.05, 0) is 37.8 Å². The van der Waals surface area contributed by atoms with Crippen molar-refractivity contribution in [3.8, 4) is 0 Å². The lowest BCUT2D eigenvalue weighted by atomic mass is 9.95. The van der Waals surface area contributed by atoms with Crippen LogP contribution in [0.5, 0.6) is 0 Å². The van der Waals surface area contributed by atoms with Crippen molar-refractivity contribution < 1.29 is 4.79 Å². The Kier molecular flexibility index (Phi) is 5.33. The summed E-state index contributed by atoms with van der Waals surface area (Å²) in [7, 11) is 0. The van der Waals surface area contributed by atoms with E-state index in [2.05, 4.69) is 54.1 Å². The Hall–Kier alpha value is -2.25. The number of likely N-dealkylation sites (tertiary alicyclic amines) is 2. The van der Waals surface area contributed by atoms with Gasteiger partial charge in [-0.25, -0.2) is 0 Å². The van der Waals surface area contributed by atoms with Crippen LogP contribution in [-0.2, 0) is 24.4 Å². The number of carbonyl (C=O) groups is 1. The number of amides is 1. The zero-order valence-electron chi connectivity index (χ0n) is 17.0. The van der Waals surface area contributed by atoms with E-state index in [1.807, 2.05) is 6.07 Å². The van der Waals surface area contributed by atoms with Crippen molar-refractivity contribution in [1.82, 2.24) is 29.9 Å². The summed E-state index contributed by atoms with van der Waals surface area (Å²) in [4.78, 5) is 17.7. The van der Waals surface area contributed by atoms with E-state index in [-0.39, 0.29) is 6.04 Å². The molecule has 3 aliphatic heterocycles. The topological polar surface area (TPSA) is 66.3 Å². The highest BCUT2D eigenvalue weighted by Gasteiger charge is 2.36. The first-order valence-corrected chi connectivity index (χ1v) is 11.0. The van der Waals surface area contributed by atoms with Crippen molar-refractivity contribution in [1.29, 1.82) is 0 Å². The van der Waals surface area contributed by atoms with Gasteiger partial charge >= 0.3 is 0 Å². The third-order valence-corrected chi connectivity index (χ3v) is 6.70. The molecule has 4 heterocycles. The molecule has 1 unspecified atom stereocenters. The molecule has 0 aliphatic carbocycles. The molecule has 0 radical (unpaired) electrons. The van der Waals surface area contributed by atoms with Gasteiger partial charge in [-0.1, -0.05) is 30.3 Å². The van der Waals surface area contributed by atoms with Gasteiger partial charge in [0.15, 0.2) is 0 Å². The van der Waals surface area contributed by atoms with Gasteiger partial charge in [-0.15, -0.1) is 10.2 Å². The molecule has 1 atom stereocenters. The molecule has 0 bridgehead atoms. The second-order valence-electron chi connectivity index (χ2n) is 8.52. The summed E-state index contributed by atoms with van der Waals surface area (Å²) in [6.45, 7) is 6.29. The van der Waals surface area contributed by atoms with E-state index < -0.39 is 0 Å². The first-order valence-electron chi connectivity index (χ1n) is 11.0. The third-order valence-electron chi connectivity index (χ3n) is 6.70. The molecule has 154 valence electrons. The fourth-order valence-electron chi connectivity index (χ4n) is 5.10. The molecule has 5 rings (SSSR count). The van der Waals surface area contributed by atoms with Crippen molar-refractivity contribution in [2.24, 2.45) is 0 Å². The predicted octanol–water partition coefficient (Wildman–Crippen LogP) is 1.75. The monoisotopic (exact) mass is 394 g/mol. The molecule has 3 aliphatic rings. The van der Waals surface area contributed by atoms with Crippen LogP contribution in [0, 0.1) is 0 Å². The Bertz CT molecular complexity index is 842. The highest BCUT2D eigenvalue weighted by molar-refractivity contribution is 5.82. The minimum atomic E-state index is 0.0404. The maximum atomic E-state index is 13.3. The zero-order valence-corrected chi connectivity index (χ0v) is 17.0. The summed E-state index contributed by atoms with van der Waals surface area (Å²) in [5.41, 5.74) is 1.29. The van der Waals surface area contributed by atoms with E-state index in [9.17, 15) is 4.79 Å². The smallest absolute Gasteiger partial charge is 0.239 e. The molecule has 7 heteroatoms. The molecule has 0 spiro atoms. The number of nitrogens with zero attached hydrogens (tertiary/aromatic N) is 5. The average Bonchev–Trinajstić information content (AvgIpc) is 3.41. The molecule has 7 nitrogen and oxygen atoms in total. The number of fused-ring (bicyclic) bond motifs is 1. The third kappa shape index (κ3) is 3.81. The van der Waals surface area contributed by atoms with Crippen LogP contribution in [0.3, 0.4) is 0 Å². The van der Waals surface area contributed by atoms with Gasteiger partial charge in [0.05, 0.1) is 12.6 Å². The van der Waals surface area contributed by atoms with Crippen LogP contribution in [-0.4, -0.2) is 62.7 Å². The maximum Gasteiger partial charge on any atom is 0.239 e. The summed E-state index contributed by atoms with van der Waals surface area (Å²) in [5, 5.41) is 12.2. The Morgan fingerprint density at radius 1 is 1.03 bits per heavy atom. The number of nitrogens with one attached hydrogen (secondary N) is 1. The van der Waals surface area contributed by atoms with Crippen LogP contribution >= 0.6 is 0 Å². The van der Waals surface area contributed by atoms with E-state index >= 15 is 0 Å². The van der Waals surface area contributed by atoms with Gasteiger partial charge in [-0.2, -0.15) is 0 Å². The molecule has 1 N–H and O–H groups in total. The number of aromatic nitrogens is 3. The Balaban J connectivity index is 1.20. The van der Waals surface area contributed by atoms with Gasteiger partial charge < -0.3 is 14.8 Å². The van der Waals surface area contributed by atoms with Crippen molar-refractivity contribution in [3.05, 3.63) is 47.5 Å². The van der Waals surface area contributed by atoms with E-state index in [0.717, 1.165) is 83.1 Å². The maximum absolute atomic E-state index is 13.3. The van der Waals surface area contributed by atoms with Crippen LogP contribution < -0.4 is 5.32 Å². The van der Waals surface area contributed by atoms with E-state index in [1.54, 1.807) is 0 Å². The van der Waals surface area contributed by atoms with Crippen LogP contribution in [0.1, 0.15) is 48.8 Å².